The normalized spacial score (nSPS) is 20.1. The third-order valence-electron chi connectivity index (χ3n) is 4.25. The molecule has 112 valence electrons. The molecule has 0 aromatic carbocycles. The summed E-state index contributed by atoms with van der Waals surface area (Å²) in [5, 5.41) is 4.92. The second-order valence-electron chi connectivity index (χ2n) is 6.52. The van der Waals surface area contributed by atoms with Crippen LogP contribution in [0.4, 0.5) is 0 Å². The van der Waals surface area contributed by atoms with Crippen LogP contribution < -0.4 is 5.32 Å². The first-order valence-corrected chi connectivity index (χ1v) is 8.98. The van der Waals surface area contributed by atoms with E-state index < -0.39 is 0 Å². The number of likely N-dealkylation sites (tertiary alicyclic amines) is 1. The zero-order valence-corrected chi connectivity index (χ0v) is 13.6. The van der Waals surface area contributed by atoms with Crippen molar-refractivity contribution in [2.45, 2.75) is 64.5 Å². The maximum absolute atomic E-state index is 4.96. The highest BCUT2D eigenvalue weighted by molar-refractivity contribution is 7.11. The van der Waals surface area contributed by atoms with Crippen LogP contribution in [-0.2, 0) is 13.0 Å². The van der Waals surface area contributed by atoms with Crippen molar-refractivity contribution in [3.05, 3.63) is 15.6 Å². The van der Waals surface area contributed by atoms with Gasteiger partial charge in [-0.15, -0.1) is 11.3 Å². The number of rotatable bonds is 7. The Hall–Kier alpha value is -0.450. The molecule has 2 heterocycles. The van der Waals surface area contributed by atoms with Gasteiger partial charge in [-0.05, 0) is 38.8 Å². The third-order valence-corrected chi connectivity index (χ3v) is 5.38. The lowest BCUT2D eigenvalue weighted by molar-refractivity contribution is 0.343. The van der Waals surface area contributed by atoms with Crippen molar-refractivity contribution in [1.82, 2.24) is 15.2 Å². The summed E-state index contributed by atoms with van der Waals surface area (Å²) in [5.74, 6) is 0.774. The van der Waals surface area contributed by atoms with Gasteiger partial charge in [0.25, 0.3) is 0 Å². The molecule has 1 saturated heterocycles. The van der Waals surface area contributed by atoms with Gasteiger partial charge in [-0.3, -0.25) is 0 Å². The first-order valence-electron chi connectivity index (χ1n) is 8.16. The molecule has 0 spiro atoms. The minimum Gasteiger partial charge on any atom is -0.310 e. The number of nitrogens with one attached hydrogen (secondary N) is 1. The van der Waals surface area contributed by atoms with Gasteiger partial charge in [0, 0.05) is 36.3 Å². The van der Waals surface area contributed by atoms with Crippen molar-refractivity contribution in [3.63, 3.8) is 0 Å². The molecule has 0 amide bonds. The molecule has 1 aromatic heterocycles. The molecular formula is C16H27N3S. The van der Waals surface area contributed by atoms with Crippen molar-refractivity contribution in [2.24, 2.45) is 0 Å². The maximum atomic E-state index is 4.96. The highest BCUT2D eigenvalue weighted by atomic mass is 32.1. The molecule has 4 heteroatoms. The summed E-state index contributed by atoms with van der Waals surface area (Å²) in [6, 6.07) is 0.553. The molecule has 3 rings (SSSR count). The lowest BCUT2D eigenvalue weighted by Gasteiger charge is -2.12. The minimum atomic E-state index is 0.553. The highest BCUT2D eigenvalue weighted by Crippen LogP contribution is 2.42. The van der Waals surface area contributed by atoms with Gasteiger partial charge >= 0.3 is 0 Å². The van der Waals surface area contributed by atoms with E-state index in [0.29, 0.717) is 6.04 Å². The molecule has 0 bridgehead atoms. The predicted molar refractivity (Wildman–Crippen MR) is 85.4 cm³/mol. The average Bonchev–Trinajstić information content (AvgIpc) is 2.99. The highest BCUT2D eigenvalue weighted by Gasteiger charge is 2.29. The zero-order valence-electron chi connectivity index (χ0n) is 12.8. The van der Waals surface area contributed by atoms with E-state index in [2.05, 4.69) is 24.1 Å². The number of hydrogen-bond acceptors (Lipinski definition) is 4. The second-order valence-corrected chi connectivity index (χ2v) is 7.69. The number of hydrogen-bond donors (Lipinski definition) is 1. The molecule has 0 radical (unpaired) electrons. The minimum absolute atomic E-state index is 0.553. The van der Waals surface area contributed by atoms with Crippen LogP contribution in [0.5, 0.6) is 0 Å². The first kappa shape index (κ1) is 14.5. The molecule has 20 heavy (non-hydrogen) atoms. The lowest BCUT2D eigenvalue weighted by Crippen LogP contribution is -2.21. The Morgan fingerprint density at radius 2 is 2.05 bits per heavy atom. The van der Waals surface area contributed by atoms with Crippen LogP contribution in [-0.4, -0.2) is 35.6 Å². The Morgan fingerprint density at radius 3 is 2.70 bits per heavy atom. The molecule has 1 aliphatic carbocycles. The van der Waals surface area contributed by atoms with Gasteiger partial charge in [-0.25, -0.2) is 4.98 Å². The van der Waals surface area contributed by atoms with E-state index in [9.17, 15) is 0 Å². The van der Waals surface area contributed by atoms with Gasteiger partial charge in [-0.2, -0.15) is 0 Å². The van der Waals surface area contributed by atoms with E-state index in [1.54, 1.807) is 0 Å². The Morgan fingerprint density at radius 1 is 1.30 bits per heavy atom. The summed E-state index contributed by atoms with van der Waals surface area (Å²) < 4.78 is 0. The Bertz CT molecular complexity index is 431. The maximum Gasteiger partial charge on any atom is 0.0944 e. The lowest BCUT2D eigenvalue weighted by atomic mass is 10.2. The van der Waals surface area contributed by atoms with Gasteiger partial charge in [0.2, 0.25) is 0 Å². The fourth-order valence-electron chi connectivity index (χ4n) is 2.88. The molecule has 0 unspecified atom stereocenters. The Labute approximate surface area is 126 Å². The quantitative estimate of drug-likeness (QED) is 0.837. The van der Waals surface area contributed by atoms with E-state index in [-0.39, 0.29) is 0 Å². The largest absolute Gasteiger partial charge is 0.310 e. The second kappa shape index (κ2) is 6.54. The van der Waals surface area contributed by atoms with Crippen molar-refractivity contribution >= 4 is 11.3 Å². The summed E-state index contributed by atoms with van der Waals surface area (Å²) in [6.45, 7) is 9.23. The first-order chi connectivity index (χ1) is 9.72. The summed E-state index contributed by atoms with van der Waals surface area (Å²) >= 11 is 1.95. The molecule has 2 aliphatic rings. The van der Waals surface area contributed by atoms with Crippen molar-refractivity contribution in [1.29, 1.82) is 0 Å². The van der Waals surface area contributed by atoms with E-state index >= 15 is 0 Å². The molecule has 2 fully saturated rings. The number of nitrogens with zero attached hydrogens (tertiary/aromatic N) is 2. The van der Waals surface area contributed by atoms with Gasteiger partial charge in [-0.1, -0.05) is 13.8 Å². The van der Waals surface area contributed by atoms with Gasteiger partial charge < -0.3 is 10.2 Å². The van der Waals surface area contributed by atoms with E-state index in [0.717, 1.165) is 18.9 Å². The molecular weight excluding hydrogens is 266 g/mol. The van der Waals surface area contributed by atoms with Crippen LogP contribution in [0, 0.1) is 0 Å². The molecule has 1 saturated carbocycles. The molecule has 3 nitrogen and oxygen atoms in total. The van der Waals surface area contributed by atoms with Crippen molar-refractivity contribution in [2.75, 3.05) is 19.6 Å². The fourth-order valence-corrected chi connectivity index (χ4v) is 3.97. The van der Waals surface area contributed by atoms with Crippen LogP contribution >= 0.6 is 11.3 Å². The van der Waals surface area contributed by atoms with Crippen LogP contribution in [0.3, 0.4) is 0 Å². The summed E-state index contributed by atoms with van der Waals surface area (Å²) in [7, 11) is 0. The monoisotopic (exact) mass is 293 g/mol. The molecule has 1 aliphatic heterocycles. The third kappa shape index (κ3) is 3.80. The predicted octanol–water partition coefficient (Wildman–Crippen LogP) is 3.16. The van der Waals surface area contributed by atoms with E-state index in [4.69, 9.17) is 4.98 Å². The van der Waals surface area contributed by atoms with Crippen LogP contribution in [0.1, 0.15) is 61.0 Å². The smallest absolute Gasteiger partial charge is 0.0944 e. The van der Waals surface area contributed by atoms with Crippen LogP contribution in [0.15, 0.2) is 0 Å². The molecule has 0 atom stereocenters. The summed E-state index contributed by atoms with van der Waals surface area (Å²) in [6.07, 6.45) is 6.61. The van der Waals surface area contributed by atoms with Crippen LogP contribution in [0.25, 0.3) is 0 Å². The number of aromatic nitrogens is 1. The van der Waals surface area contributed by atoms with Crippen molar-refractivity contribution in [3.8, 4) is 0 Å². The van der Waals surface area contributed by atoms with Gasteiger partial charge in [0.15, 0.2) is 0 Å². The van der Waals surface area contributed by atoms with Gasteiger partial charge in [0.1, 0.15) is 0 Å². The Kier molecular flexibility index (Phi) is 4.74. The molecule has 1 N–H and O–H groups in total. The SMILES string of the molecule is CC(C)NCc1sc(CCN2CCCC2)nc1C1CC1. The summed E-state index contributed by atoms with van der Waals surface area (Å²) in [5.41, 5.74) is 1.42. The van der Waals surface area contributed by atoms with Gasteiger partial charge in [0.05, 0.1) is 10.7 Å². The van der Waals surface area contributed by atoms with Crippen molar-refractivity contribution < 1.29 is 0 Å². The number of thiazole rings is 1. The fraction of sp³-hybridized carbons (Fsp3) is 0.812. The van der Waals surface area contributed by atoms with E-state index in [1.165, 1.54) is 60.9 Å². The van der Waals surface area contributed by atoms with E-state index in [1.807, 2.05) is 11.3 Å². The zero-order chi connectivity index (χ0) is 13.9. The average molecular weight is 293 g/mol. The molecule has 1 aromatic rings. The Balaban J connectivity index is 1.60. The summed E-state index contributed by atoms with van der Waals surface area (Å²) in [4.78, 5) is 9.05. The standard InChI is InChI=1S/C16H27N3S/c1-12(2)17-11-14-16(13-5-6-13)18-15(20-14)7-10-19-8-3-4-9-19/h12-13,17H,3-11H2,1-2H3. The van der Waals surface area contributed by atoms with Crippen LogP contribution in [0.2, 0.25) is 0 Å². The topological polar surface area (TPSA) is 28.2 Å².